The molecule has 0 unspecified atom stereocenters. The van der Waals surface area contributed by atoms with E-state index in [1.807, 2.05) is 13.8 Å². The minimum atomic E-state index is -0.391. The van der Waals surface area contributed by atoms with E-state index in [-0.39, 0.29) is 18.7 Å². The van der Waals surface area contributed by atoms with Gasteiger partial charge in [-0.3, -0.25) is 9.59 Å². The molecule has 1 rings (SSSR count). The predicted octanol–water partition coefficient (Wildman–Crippen LogP) is 2.20. The van der Waals surface area contributed by atoms with Crippen LogP contribution in [-0.2, 0) is 14.3 Å². The normalized spacial score (nSPS) is 9.89. The van der Waals surface area contributed by atoms with Gasteiger partial charge in [0, 0.05) is 12.1 Å². The zero-order valence-corrected chi connectivity index (χ0v) is 11.7. The summed E-state index contributed by atoms with van der Waals surface area (Å²) in [6.45, 7) is 3.84. The number of amides is 1. The van der Waals surface area contributed by atoms with E-state index in [0.29, 0.717) is 0 Å². The molecule has 0 aliphatic carbocycles. The Morgan fingerprint density at radius 1 is 1.11 bits per heavy atom. The van der Waals surface area contributed by atoms with Gasteiger partial charge in [-0.05, 0) is 37.1 Å². The van der Waals surface area contributed by atoms with Gasteiger partial charge in [0.05, 0.1) is 20.6 Å². The molecule has 0 fully saturated rings. The highest BCUT2D eigenvalue weighted by atomic mass is 16.5. The van der Waals surface area contributed by atoms with Crippen LogP contribution < -0.4 is 10.1 Å². The third kappa shape index (κ3) is 3.98. The molecule has 1 aromatic carbocycles. The minimum Gasteiger partial charge on any atom is -0.496 e. The summed E-state index contributed by atoms with van der Waals surface area (Å²) in [4.78, 5) is 22.7. The van der Waals surface area contributed by atoms with Crippen molar-refractivity contribution in [2.75, 3.05) is 19.5 Å². The van der Waals surface area contributed by atoms with Crippen molar-refractivity contribution >= 4 is 17.6 Å². The van der Waals surface area contributed by atoms with E-state index in [1.165, 1.54) is 7.11 Å². The number of hydrogen-bond donors (Lipinski definition) is 1. The molecule has 1 aromatic rings. The number of esters is 1. The summed E-state index contributed by atoms with van der Waals surface area (Å²) >= 11 is 0. The van der Waals surface area contributed by atoms with Gasteiger partial charge in [0.15, 0.2) is 0 Å². The smallest absolute Gasteiger partial charge is 0.306 e. The molecule has 0 saturated heterocycles. The number of ether oxygens (including phenoxy) is 2. The highest BCUT2D eigenvalue weighted by molar-refractivity contribution is 5.93. The lowest BCUT2D eigenvalue weighted by Gasteiger charge is -2.13. The minimum absolute atomic E-state index is 0.0799. The number of carbonyl (C=O) groups excluding carboxylic acids is 2. The Morgan fingerprint density at radius 3 is 2.37 bits per heavy atom. The van der Waals surface area contributed by atoms with Crippen LogP contribution in [0.2, 0.25) is 0 Å². The number of benzene rings is 1. The average Bonchev–Trinajstić information content (AvgIpc) is 2.41. The second-order valence-corrected chi connectivity index (χ2v) is 4.19. The lowest BCUT2D eigenvalue weighted by Crippen LogP contribution is -2.15. The van der Waals surface area contributed by atoms with E-state index < -0.39 is 5.97 Å². The molecule has 5 nitrogen and oxygen atoms in total. The Bertz CT molecular complexity index is 483. The second-order valence-electron chi connectivity index (χ2n) is 4.19. The lowest BCUT2D eigenvalue weighted by molar-refractivity contribution is -0.141. The van der Waals surface area contributed by atoms with Crippen LogP contribution in [-0.4, -0.2) is 26.1 Å². The first-order chi connectivity index (χ1) is 8.99. The monoisotopic (exact) mass is 265 g/mol. The number of rotatable bonds is 5. The van der Waals surface area contributed by atoms with Gasteiger partial charge in [-0.25, -0.2) is 0 Å². The van der Waals surface area contributed by atoms with E-state index in [4.69, 9.17) is 4.74 Å². The van der Waals surface area contributed by atoms with E-state index in [0.717, 1.165) is 22.6 Å². The van der Waals surface area contributed by atoms with Gasteiger partial charge in [0.25, 0.3) is 0 Å². The van der Waals surface area contributed by atoms with Crippen LogP contribution in [0.4, 0.5) is 5.69 Å². The van der Waals surface area contributed by atoms with Gasteiger partial charge in [-0.2, -0.15) is 0 Å². The van der Waals surface area contributed by atoms with Crippen molar-refractivity contribution in [1.29, 1.82) is 0 Å². The first-order valence-corrected chi connectivity index (χ1v) is 6.00. The molecule has 19 heavy (non-hydrogen) atoms. The second kappa shape index (κ2) is 6.78. The standard InChI is InChI=1S/C14H19NO4/c1-9-10(2)12(18-3)6-5-11(9)15-13(16)7-8-14(17)19-4/h5-6H,7-8H2,1-4H3,(H,15,16). The molecule has 0 spiro atoms. The first-order valence-electron chi connectivity index (χ1n) is 6.00. The molecule has 1 N–H and O–H groups in total. The fourth-order valence-electron chi connectivity index (χ4n) is 1.68. The number of methoxy groups -OCH3 is 2. The SMILES string of the molecule is COC(=O)CCC(=O)Nc1ccc(OC)c(C)c1C. The number of anilines is 1. The molecular formula is C14H19NO4. The van der Waals surface area contributed by atoms with Gasteiger partial charge in [-0.1, -0.05) is 0 Å². The third-order valence-corrected chi connectivity index (χ3v) is 3.02. The summed E-state index contributed by atoms with van der Waals surface area (Å²) in [5, 5.41) is 2.78. The first kappa shape index (κ1) is 15.0. The quantitative estimate of drug-likeness (QED) is 0.829. The highest BCUT2D eigenvalue weighted by Gasteiger charge is 2.11. The number of nitrogens with one attached hydrogen (secondary N) is 1. The van der Waals surface area contributed by atoms with Crippen LogP contribution in [0.1, 0.15) is 24.0 Å². The molecule has 0 radical (unpaired) electrons. The molecule has 104 valence electrons. The summed E-state index contributed by atoms with van der Waals surface area (Å²) in [5.41, 5.74) is 2.66. The van der Waals surface area contributed by atoms with Crippen LogP contribution in [0.5, 0.6) is 5.75 Å². The van der Waals surface area contributed by atoms with Crippen LogP contribution in [0.15, 0.2) is 12.1 Å². The van der Waals surface area contributed by atoms with Crippen LogP contribution in [0.3, 0.4) is 0 Å². The van der Waals surface area contributed by atoms with Crippen LogP contribution in [0, 0.1) is 13.8 Å². The predicted molar refractivity (Wildman–Crippen MR) is 72.3 cm³/mol. The fourth-order valence-corrected chi connectivity index (χ4v) is 1.68. The zero-order valence-electron chi connectivity index (χ0n) is 11.7. The molecule has 1 amide bonds. The Morgan fingerprint density at radius 2 is 1.79 bits per heavy atom. The van der Waals surface area contributed by atoms with E-state index in [9.17, 15) is 9.59 Å². The van der Waals surface area contributed by atoms with Crippen molar-refractivity contribution in [2.24, 2.45) is 0 Å². The van der Waals surface area contributed by atoms with Gasteiger partial charge >= 0.3 is 5.97 Å². The summed E-state index contributed by atoms with van der Waals surface area (Å²) in [7, 11) is 2.91. The maximum Gasteiger partial charge on any atom is 0.306 e. The highest BCUT2D eigenvalue weighted by Crippen LogP contribution is 2.27. The summed E-state index contributed by atoms with van der Waals surface area (Å²) in [6.07, 6.45) is 0.188. The topological polar surface area (TPSA) is 64.6 Å². The fraction of sp³-hybridized carbons (Fsp3) is 0.429. The molecule has 0 aromatic heterocycles. The molecule has 0 aliphatic rings. The summed E-state index contributed by atoms with van der Waals surface area (Å²) in [5.74, 6) is 0.181. The van der Waals surface area contributed by atoms with Crippen LogP contribution >= 0.6 is 0 Å². The lowest BCUT2D eigenvalue weighted by atomic mass is 10.1. The van der Waals surface area contributed by atoms with Gasteiger partial charge in [0.2, 0.25) is 5.91 Å². The van der Waals surface area contributed by atoms with E-state index in [2.05, 4.69) is 10.1 Å². The average molecular weight is 265 g/mol. The van der Waals surface area contributed by atoms with E-state index >= 15 is 0 Å². The van der Waals surface area contributed by atoms with Gasteiger partial charge in [0.1, 0.15) is 5.75 Å². The third-order valence-electron chi connectivity index (χ3n) is 3.02. The van der Waals surface area contributed by atoms with Crippen molar-refractivity contribution in [3.05, 3.63) is 23.3 Å². The van der Waals surface area contributed by atoms with Crippen molar-refractivity contribution in [3.8, 4) is 5.75 Å². The Balaban J connectivity index is 2.70. The van der Waals surface area contributed by atoms with Crippen molar-refractivity contribution in [3.63, 3.8) is 0 Å². The Hall–Kier alpha value is -2.04. The maximum absolute atomic E-state index is 11.7. The molecule has 5 heteroatoms. The largest absolute Gasteiger partial charge is 0.496 e. The molecular weight excluding hydrogens is 246 g/mol. The molecule has 0 aliphatic heterocycles. The van der Waals surface area contributed by atoms with Gasteiger partial charge < -0.3 is 14.8 Å². The molecule has 0 heterocycles. The van der Waals surface area contributed by atoms with E-state index in [1.54, 1.807) is 19.2 Å². The van der Waals surface area contributed by atoms with Crippen molar-refractivity contribution in [2.45, 2.75) is 26.7 Å². The number of carbonyl (C=O) groups is 2. The molecule has 0 atom stereocenters. The summed E-state index contributed by atoms with van der Waals surface area (Å²) in [6, 6.07) is 3.59. The number of hydrogen-bond acceptors (Lipinski definition) is 4. The van der Waals surface area contributed by atoms with Crippen molar-refractivity contribution < 1.29 is 19.1 Å². The Kier molecular flexibility index (Phi) is 5.36. The van der Waals surface area contributed by atoms with Crippen LogP contribution in [0.25, 0.3) is 0 Å². The zero-order chi connectivity index (χ0) is 14.4. The Labute approximate surface area is 112 Å². The van der Waals surface area contributed by atoms with Crippen molar-refractivity contribution in [1.82, 2.24) is 0 Å². The van der Waals surface area contributed by atoms with Gasteiger partial charge in [-0.15, -0.1) is 0 Å². The maximum atomic E-state index is 11.7. The molecule has 0 bridgehead atoms. The summed E-state index contributed by atoms with van der Waals surface area (Å²) < 4.78 is 9.69. The molecule has 0 saturated carbocycles.